The van der Waals surface area contributed by atoms with Crippen LogP contribution in [-0.2, 0) is 19.6 Å². The van der Waals surface area contributed by atoms with Crippen LogP contribution in [-0.4, -0.2) is 32.4 Å². The summed E-state index contributed by atoms with van der Waals surface area (Å²) in [5.41, 5.74) is -0.562. The van der Waals surface area contributed by atoms with E-state index < -0.39 is 32.9 Å². The minimum atomic E-state index is -3.91. The average molecular weight is 479 g/mol. The van der Waals surface area contributed by atoms with Crippen LogP contribution in [0.3, 0.4) is 0 Å². The second-order valence-corrected chi connectivity index (χ2v) is 11.6. The third-order valence-electron chi connectivity index (χ3n) is 6.65. The Morgan fingerprint density at radius 1 is 1.09 bits per heavy atom. The summed E-state index contributed by atoms with van der Waals surface area (Å²) in [6.45, 7) is 6.63. The van der Waals surface area contributed by atoms with Crippen LogP contribution >= 0.6 is 11.6 Å². The highest BCUT2D eigenvalue weighted by Gasteiger charge is 2.45. The summed E-state index contributed by atoms with van der Waals surface area (Å²) in [6, 6.07) is 10.8. The Labute approximate surface area is 193 Å². The second kappa shape index (κ2) is 8.08. The van der Waals surface area contributed by atoms with E-state index in [0.717, 1.165) is 0 Å². The van der Waals surface area contributed by atoms with Crippen molar-refractivity contribution in [3.8, 4) is 0 Å². The van der Waals surface area contributed by atoms with Crippen molar-refractivity contribution in [1.82, 2.24) is 5.32 Å². The molecule has 2 aromatic rings. The molecular weight excluding hydrogens is 452 g/mol. The van der Waals surface area contributed by atoms with E-state index in [0.29, 0.717) is 16.8 Å². The molecule has 3 rings (SSSR count). The molecule has 0 saturated carbocycles. The summed E-state index contributed by atoms with van der Waals surface area (Å²) in [5, 5.41) is 12.8. The van der Waals surface area contributed by atoms with Crippen LogP contribution in [0.1, 0.15) is 51.3 Å². The van der Waals surface area contributed by atoms with Crippen LogP contribution in [0, 0.1) is 10.8 Å². The molecule has 0 bridgehead atoms. The van der Waals surface area contributed by atoms with Gasteiger partial charge in [0, 0.05) is 24.1 Å². The first kappa shape index (κ1) is 24.1. The second-order valence-electron chi connectivity index (χ2n) is 9.20. The number of anilines is 1. The van der Waals surface area contributed by atoms with Crippen molar-refractivity contribution in [3.05, 3.63) is 58.6 Å². The van der Waals surface area contributed by atoms with Crippen molar-refractivity contribution in [3.63, 3.8) is 0 Å². The van der Waals surface area contributed by atoms with Crippen LogP contribution in [0.4, 0.5) is 5.69 Å². The number of nitrogens with zero attached hydrogens (tertiary/aromatic N) is 1. The molecule has 9 heteroatoms. The van der Waals surface area contributed by atoms with Crippen molar-refractivity contribution in [1.29, 1.82) is 0 Å². The summed E-state index contributed by atoms with van der Waals surface area (Å²) in [6.07, 6.45) is -0.0590. The summed E-state index contributed by atoms with van der Waals surface area (Å²) >= 11 is 6.11. The molecule has 1 atom stereocenters. The average Bonchev–Trinajstić information content (AvgIpc) is 2.76. The molecule has 2 N–H and O–H groups in total. The van der Waals surface area contributed by atoms with Gasteiger partial charge in [-0.3, -0.25) is 13.9 Å². The van der Waals surface area contributed by atoms with Gasteiger partial charge in [0.15, 0.2) is 0 Å². The molecule has 2 aromatic carbocycles. The summed E-state index contributed by atoms with van der Waals surface area (Å²) in [7, 11) is -2.45. The molecule has 0 aromatic heterocycles. The van der Waals surface area contributed by atoms with Gasteiger partial charge in [-0.2, -0.15) is 0 Å². The molecular formula is C23H27ClN2O5S. The summed E-state index contributed by atoms with van der Waals surface area (Å²) in [5.74, 6) is -1.38. The van der Waals surface area contributed by atoms with E-state index in [1.807, 2.05) is 0 Å². The molecule has 0 fully saturated rings. The van der Waals surface area contributed by atoms with E-state index in [-0.39, 0.29) is 22.2 Å². The molecule has 1 aliphatic rings. The topological polar surface area (TPSA) is 104 Å². The first-order valence-corrected chi connectivity index (χ1v) is 11.9. The highest BCUT2D eigenvalue weighted by atomic mass is 35.5. The lowest BCUT2D eigenvalue weighted by atomic mass is 9.66. The highest BCUT2D eigenvalue weighted by molar-refractivity contribution is 7.92. The third kappa shape index (κ3) is 3.97. The number of carbonyl (C=O) groups excluding carboxylic acids is 1. The van der Waals surface area contributed by atoms with Gasteiger partial charge in [-0.1, -0.05) is 49.7 Å². The maximum absolute atomic E-state index is 13.3. The van der Waals surface area contributed by atoms with Gasteiger partial charge in [-0.25, -0.2) is 8.42 Å². The molecule has 1 amide bonds. The van der Waals surface area contributed by atoms with Crippen LogP contribution in [0.15, 0.2) is 47.4 Å². The Hall–Kier alpha value is -2.58. The molecule has 172 valence electrons. The minimum Gasteiger partial charge on any atom is -0.481 e. The number of benzene rings is 2. The molecule has 0 radical (unpaired) electrons. The Bertz CT molecular complexity index is 1190. The molecule has 0 spiro atoms. The van der Waals surface area contributed by atoms with Gasteiger partial charge in [-0.15, -0.1) is 0 Å². The zero-order chi connectivity index (χ0) is 24.1. The molecule has 1 heterocycles. The van der Waals surface area contributed by atoms with E-state index in [2.05, 4.69) is 5.32 Å². The number of carboxylic acid groups (broad SMARTS) is 1. The largest absolute Gasteiger partial charge is 0.481 e. The van der Waals surface area contributed by atoms with Crippen LogP contribution in [0.2, 0.25) is 5.02 Å². The number of hydrogen-bond acceptors (Lipinski definition) is 4. The van der Waals surface area contributed by atoms with Gasteiger partial charge in [0.05, 0.1) is 22.0 Å². The number of nitrogens with one attached hydrogen (secondary N) is 1. The zero-order valence-corrected chi connectivity index (χ0v) is 20.2. The lowest BCUT2D eigenvalue weighted by Gasteiger charge is -2.38. The third-order valence-corrected chi connectivity index (χ3v) is 8.71. The lowest BCUT2D eigenvalue weighted by molar-refractivity contribution is -0.154. The smallest absolute Gasteiger partial charge is 0.309 e. The van der Waals surface area contributed by atoms with Gasteiger partial charge < -0.3 is 10.4 Å². The van der Waals surface area contributed by atoms with E-state index in [4.69, 9.17) is 11.6 Å². The number of carbonyl (C=O) groups is 2. The number of rotatable bonds is 5. The van der Waals surface area contributed by atoms with E-state index in [9.17, 15) is 23.1 Å². The lowest BCUT2D eigenvalue weighted by Crippen LogP contribution is -2.43. The number of carboxylic acids is 1. The molecule has 1 unspecified atom stereocenters. The van der Waals surface area contributed by atoms with Crippen LogP contribution < -0.4 is 9.62 Å². The van der Waals surface area contributed by atoms with Crippen molar-refractivity contribution in [2.75, 3.05) is 11.4 Å². The predicted molar refractivity (Wildman–Crippen MR) is 123 cm³/mol. The number of amides is 1. The number of para-hydroxylation sites is 1. The number of halogens is 1. The first-order chi connectivity index (χ1) is 14.7. The predicted octanol–water partition coefficient (Wildman–Crippen LogP) is 4.21. The number of aliphatic carboxylic acids is 1. The summed E-state index contributed by atoms with van der Waals surface area (Å²) in [4.78, 5) is 24.9. The Morgan fingerprint density at radius 3 is 2.34 bits per heavy atom. The molecule has 32 heavy (non-hydrogen) atoms. The normalized spacial score (nSPS) is 17.7. The Balaban J connectivity index is 2.10. The highest BCUT2D eigenvalue weighted by Crippen LogP contribution is 2.43. The van der Waals surface area contributed by atoms with E-state index in [1.165, 1.54) is 17.4 Å². The summed E-state index contributed by atoms with van der Waals surface area (Å²) < 4.78 is 27.8. The fraction of sp³-hybridized carbons (Fsp3) is 0.391. The van der Waals surface area contributed by atoms with E-state index >= 15 is 0 Å². The molecule has 0 saturated heterocycles. The maximum atomic E-state index is 13.3. The van der Waals surface area contributed by atoms with Gasteiger partial charge in [-0.05, 0) is 43.0 Å². The van der Waals surface area contributed by atoms with Crippen molar-refractivity contribution in [2.24, 2.45) is 10.8 Å². The minimum absolute atomic E-state index is 0.0131. The number of fused-ring (bicyclic) bond motifs is 2. The maximum Gasteiger partial charge on any atom is 0.309 e. The first-order valence-electron chi connectivity index (χ1n) is 10.1. The molecule has 1 aliphatic heterocycles. The fourth-order valence-corrected chi connectivity index (χ4v) is 5.43. The van der Waals surface area contributed by atoms with Crippen LogP contribution in [0.25, 0.3) is 0 Å². The van der Waals surface area contributed by atoms with Crippen LogP contribution in [0.5, 0.6) is 0 Å². The SMILES string of the molecule is CN1c2ccccc2C(NC(=O)CC(C)(C)C(C)(C)C(=O)O)c2ccc(Cl)cc2S1(=O)=O. The van der Waals surface area contributed by atoms with Gasteiger partial charge in [0.2, 0.25) is 5.91 Å². The van der Waals surface area contributed by atoms with Gasteiger partial charge >= 0.3 is 5.97 Å². The Morgan fingerprint density at radius 2 is 1.72 bits per heavy atom. The standard InChI is InChI=1S/C23H27ClN2O5S/c1-22(2,23(3,4)21(28)29)13-19(27)25-20-15-8-6-7-9-17(15)26(5)32(30,31)18-12-14(24)10-11-16(18)20/h6-12,20H,13H2,1-5H3,(H,25,27)(H,28,29). The zero-order valence-electron chi connectivity index (χ0n) is 18.6. The number of sulfonamides is 1. The quantitative estimate of drug-likeness (QED) is 0.669. The van der Waals surface area contributed by atoms with E-state index in [1.54, 1.807) is 64.1 Å². The number of hydrogen-bond donors (Lipinski definition) is 2. The Kier molecular flexibility index (Phi) is 6.08. The fourth-order valence-electron chi connectivity index (χ4n) is 3.71. The van der Waals surface area contributed by atoms with Crippen molar-refractivity contribution in [2.45, 2.75) is 45.1 Å². The molecule has 0 aliphatic carbocycles. The van der Waals surface area contributed by atoms with Crippen molar-refractivity contribution < 1.29 is 23.1 Å². The monoisotopic (exact) mass is 478 g/mol. The van der Waals surface area contributed by atoms with Gasteiger partial charge in [0.25, 0.3) is 10.0 Å². The van der Waals surface area contributed by atoms with Gasteiger partial charge in [0.1, 0.15) is 0 Å². The molecule has 7 nitrogen and oxygen atoms in total. The van der Waals surface area contributed by atoms with Crippen molar-refractivity contribution >= 4 is 39.2 Å².